The third-order valence-corrected chi connectivity index (χ3v) is 1.60. The molecule has 0 radical (unpaired) electrons. The van der Waals surface area contributed by atoms with E-state index in [0.717, 1.165) is 0 Å². The van der Waals surface area contributed by atoms with Crippen molar-refractivity contribution >= 4 is 28.0 Å². The summed E-state index contributed by atoms with van der Waals surface area (Å²) in [5.41, 5.74) is 0. The number of rotatable bonds is 8. The minimum atomic E-state index is -0.129. The zero-order valence-corrected chi connectivity index (χ0v) is 11.2. The molecule has 1 N–H and O–H groups in total. The second-order valence-corrected chi connectivity index (χ2v) is 3.00. The lowest BCUT2D eigenvalue weighted by Gasteiger charge is -2.04. The summed E-state index contributed by atoms with van der Waals surface area (Å²) >= 11 is 3.01. The highest BCUT2D eigenvalue weighted by molar-refractivity contribution is 9.11. The Balaban J connectivity index is 0. The summed E-state index contributed by atoms with van der Waals surface area (Å²) in [6, 6.07) is 0. The molecule has 0 aliphatic carbocycles. The molecule has 1 amide bonds. The summed E-state index contributed by atoms with van der Waals surface area (Å²) in [7, 11) is 0. The third-order valence-electron chi connectivity index (χ3n) is 1.34. The van der Waals surface area contributed by atoms with Crippen LogP contribution in [0.1, 0.15) is 6.92 Å². The maximum absolute atomic E-state index is 10.9. The summed E-state index contributed by atoms with van der Waals surface area (Å²) in [6.07, 6.45) is 1.65. The number of amides is 1. The molecule has 0 atom stereocenters. The largest absolute Gasteiger partial charge is 0.379 e. The molecule has 0 aliphatic rings. The van der Waals surface area contributed by atoms with Crippen molar-refractivity contribution in [3.05, 3.63) is 11.1 Å². The van der Waals surface area contributed by atoms with Crippen LogP contribution in [0.2, 0.25) is 0 Å². The SMILES string of the molecule is CCOCCOCCNC(=O)/C=C/Br.O=C=O. The highest BCUT2D eigenvalue weighted by Crippen LogP contribution is 1.82. The molecule has 0 saturated carbocycles. The normalized spacial score (nSPS) is 9.29. The van der Waals surface area contributed by atoms with Gasteiger partial charge in [-0.15, -0.1) is 0 Å². The van der Waals surface area contributed by atoms with Crippen molar-refractivity contribution in [2.45, 2.75) is 6.92 Å². The topological polar surface area (TPSA) is 81.7 Å². The van der Waals surface area contributed by atoms with Crippen LogP contribution in [0.15, 0.2) is 11.1 Å². The Morgan fingerprint density at radius 3 is 2.41 bits per heavy atom. The van der Waals surface area contributed by atoms with Gasteiger partial charge >= 0.3 is 6.15 Å². The van der Waals surface area contributed by atoms with Gasteiger partial charge in [-0.05, 0) is 11.9 Å². The average molecular weight is 310 g/mol. The summed E-state index contributed by atoms with van der Waals surface area (Å²) in [4.78, 5) is 28.6. The molecule has 0 bridgehead atoms. The molecule has 0 rings (SSSR count). The number of carbonyl (C=O) groups excluding carboxylic acids is 3. The van der Waals surface area contributed by atoms with Crippen molar-refractivity contribution in [3.63, 3.8) is 0 Å². The van der Waals surface area contributed by atoms with Gasteiger partial charge in [0.05, 0.1) is 19.8 Å². The standard InChI is InChI=1S/C9H16BrNO3.CO2/c1-2-13-7-8-14-6-5-11-9(12)3-4-10;2-1-3/h3-4H,2,5-8H2,1H3,(H,11,12);/b4-3+;. The number of hydrogen-bond donors (Lipinski definition) is 1. The molecule has 0 aromatic rings. The molecule has 7 heteroatoms. The molecular formula is C10H16BrNO5. The summed E-state index contributed by atoms with van der Waals surface area (Å²) in [6.45, 7) is 4.84. The van der Waals surface area contributed by atoms with E-state index in [0.29, 0.717) is 33.0 Å². The van der Waals surface area contributed by atoms with Crippen molar-refractivity contribution < 1.29 is 23.9 Å². The number of ether oxygens (including phenoxy) is 2. The van der Waals surface area contributed by atoms with Gasteiger partial charge in [0.25, 0.3) is 0 Å². The number of hydrogen-bond acceptors (Lipinski definition) is 5. The van der Waals surface area contributed by atoms with Gasteiger partial charge in [-0.1, -0.05) is 15.9 Å². The predicted molar refractivity (Wildman–Crippen MR) is 63.4 cm³/mol. The van der Waals surface area contributed by atoms with Gasteiger partial charge in [0.1, 0.15) is 0 Å². The summed E-state index contributed by atoms with van der Waals surface area (Å²) in [5.74, 6) is -0.129. The Morgan fingerprint density at radius 2 is 1.88 bits per heavy atom. The van der Waals surface area contributed by atoms with Gasteiger partial charge in [-0.25, -0.2) is 0 Å². The Bertz CT molecular complexity index is 239. The van der Waals surface area contributed by atoms with Crippen molar-refractivity contribution in [2.24, 2.45) is 0 Å². The summed E-state index contributed by atoms with van der Waals surface area (Å²) < 4.78 is 10.3. The number of halogens is 1. The first-order chi connectivity index (χ1) is 8.22. The monoisotopic (exact) mass is 309 g/mol. The van der Waals surface area contributed by atoms with Crippen molar-refractivity contribution in [3.8, 4) is 0 Å². The fraction of sp³-hybridized carbons (Fsp3) is 0.600. The van der Waals surface area contributed by atoms with Crippen LogP contribution in [0.3, 0.4) is 0 Å². The second kappa shape index (κ2) is 17.4. The van der Waals surface area contributed by atoms with Crippen LogP contribution in [-0.2, 0) is 23.9 Å². The quantitative estimate of drug-likeness (QED) is 0.521. The lowest BCUT2D eigenvalue weighted by atomic mass is 10.5. The van der Waals surface area contributed by atoms with E-state index in [1.807, 2.05) is 6.92 Å². The first-order valence-corrected chi connectivity index (χ1v) is 5.83. The van der Waals surface area contributed by atoms with E-state index in [2.05, 4.69) is 21.2 Å². The van der Waals surface area contributed by atoms with Crippen LogP contribution in [0.25, 0.3) is 0 Å². The highest BCUT2D eigenvalue weighted by Gasteiger charge is 1.93. The van der Waals surface area contributed by atoms with E-state index in [-0.39, 0.29) is 12.1 Å². The van der Waals surface area contributed by atoms with Crippen LogP contribution in [-0.4, -0.2) is 45.0 Å². The minimum absolute atomic E-state index is 0.129. The lowest BCUT2D eigenvalue weighted by molar-refractivity contribution is -0.191. The molecule has 0 unspecified atom stereocenters. The second-order valence-electron chi connectivity index (χ2n) is 2.48. The molecule has 0 aromatic heterocycles. The van der Waals surface area contributed by atoms with Crippen LogP contribution in [0.4, 0.5) is 0 Å². The smallest absolute Gasteiger partial charge is 0.373 e. The van der Waals surface area contributed by atoms with Crippen molar-refractivity contribution in [1.29, 1.82) is 0 Å². The van der Waals surface area contributed by atoms with E-state index in [1.165, 1.54) is 11.1 Å². The Kier molecular flexibility index (Phi) is 18.8. The average Bonchev–Trinajstić information content (AvgIpc) is 2.29. The summed E-state index contributed by atoms with van der Waals surface area (Å²) in [5, 5.41) is 2.65. The first kappa shape index (κ1) is 18.4. The molecule has 17 heavy (non-hydrogen) atoms. The zero-order chi connectivity index (χ0) is 13.4. The fourth-order valence-corrected chi connectivity index (χ4v) is 0.967. The molecule has 6 nitrogen and oxygen atoms in total. The molecule has 0 aliphatic heterocycles. The number of nitrogens with one attached hydrogen (secondary N) is 1. The lowest BCUT2D eigenvalue weighted by Crippen LogP contribution is -2.25. The van der Waals surface area contributed by atoms with E-state index < -0.39 is 0 Å². The maximum atomic E-state index is 10.9. The van der Waals surface area contributed by atoms with Gasteiger partial charge in [-0.3, -0.25) is 4.79 Å². The molecule has 0 aromatic carbocycles. The molecule has 0 saturated heterocycles. The van der Waals surface area contributed by atoms with Crippen molar-refractivity contribution in [2.75, 3.05) is 33.0 Å². The maximum Gasteiger partial charge on any atom is 0.373 e. The molecule has 0 fully saturated rings. The molecule has 0 spiro atoms. The first-order valence-electron chi connectivity index (χ1n) is 4.92. The fourth-order valence-electron chi connectivity index (χ4n) is 0.727. The molecule has 98 valence electrons. The molecular weight excluding hydrogens is 294 g/mol. The number of carbonyl (C=O) groups is 1. The van der Waals surface area contributed by atoms with Gasteiger partial charge in [-0.2, -0.15) is 9.59 Å². The van der Waals surface area contributed by atoms with Gasteiger partial charge < -0.3 is 14.8 Å². The van der Waals surface area contributed by atoms with Crippen molar-refractivity contribution in [1.82, 2.24) is 5.32 Å². The Morgan fingerprint density at radius 1 is 1.29 bits per heavy atom. The van der Waals surface area contributed by atoms with E-state index in [9.17, 15) is 4.79 Å². The molecule has 0 heterocycles. The van der Waals surface area contributed by atoms with E-state index >= 15 is 0 Å². The highest BCUT2D eigenvalue weighted by atomic mass is 79.9. The van der Waals surface area contributed by atoms with Crippen LogP contribution in [0, 0.1) is 0 Å². The van der Waals surface area contributed by atoms with Gasteiger partial charge in [0.2, 0.25) is 5.91 Å². The van der Waals surface area contributed by atoms with Crippen LogP contribution in [0.5, 0.6) is 0 Å². The van der Waals surface area contributed by atoms with Crippen LogP contribution < -0.4 is 5.32 Å². The van der Waals surface area contributed by atoms with Gasteiger partial charge in [0, 0.05) is 19.2 Å². The minimum Gasteiger partial charge on any atom is -0.379 e. The van der Waals surface area contributed by atoms with E-state index in [4.69, 9.17) is 19.1 Å². The Labute approximate surface area is 108 Å². The van der Waals surface area contributed by atoms with Crippen LogP contribution >= 0.6 is 15.9 Å². The zero-order valence-electron chi connectivity index (χ0n) is 9.61. The Hall–Kier alpha value is -1.01. The van der Waals surface area contributed by atoms with Gasteiger partial charge in [0.15, 0.2) is 0 Å². The third kappa shape index (κ3) is 20.9. The predicted octanol–water partition coefficient (Wildman–Crippen LogP) is 0.481. The van der Waals surface area contributed by atoms with E-state index in [1.54, 1.807) is 0 Å².